The summed E-state index contributed by atoms with van der Waals surface area (Å²) in [4.78, 5) is 26.7. The Morgan fingerprint density at radius 2 is 1.97 bits per heavy atom. The average molecular weight is 470 g/mol. The maximum Gasteiger partial charge on any atom is 0.337 e. The number of para-hydroxylation sites is 1. The first-order valence-corrected chi connectivity index (χ1v) is 11.4. The highest BCUT2D eigenvalue weighted by molar-refractivity contribution is 5.99. The van der Waals surface area contributed by atoms with Crippen LogP contribution in [0.15, 0.2) is 78.2 Å². The minimum atomic E-state index is -0.996. The molecule has 2 unspecified atom stereocenters. The third-order valence-electron chi connectivity index (χ3n) is 6.57. The zero-order chi connectivity index (χ0) is 24.9. The van der Waals surface area contributed by atoms with Crippen LogP contribution in [0.25, 0.3) is 16.6 Å². The minimum Gasteiger partial charge on any atom is -0.478 e. The van der Waals surface area contributed by atoms with Crippen molar-refractivity contribution in [3.05, 3.63) is 89.3 Å². The molecule has 0 spiro atoms. The lowest BCUT2D eigenvalue weighted by atomic mass is 9.86. The summed E-state index contributed by atoms with van der Waals surface area (Å²) in [5.41, 5.74) is 4.21. The monoisotopic (exact) mass is 469 g/mol. The Morgan fingerprint density at radius 3 is 2.74 bits per heavy atom. The summed E-state index contributed by atoms with van der Waals surface area (Å²) in [6.45, 7) is 5.88. The van der Waals surface area contributed by atoms with Crippen LogP contribution in [0.2, 0.25) is 0 Å². The number of fused-ring (bicyclic) bond motifs is 2. The summed E-state index contributed by atoms with van der Waals surface area (Å²) >= 11 is 0. The molecule has 2 aliphatic rings. The first-order chi connectivity index (χ1) is 16.7. The Hall–Kier alpha value is -4.33. The maximum atomic E-state index is 13.3. The minimum absolute atomic E-state index is 0.129. The second-order valence-corrected chi connectivity index (χ2v) is 9.23. The highest BCUT2D eigenvalue weighted by atomic mass is 16.4. The van der Waals surface area contributed by atoms with E-state index in [2.05, 4.69) is 15.7 Å². The van der Waals surface area contributed by atoms with Crippen LogP contribution >= 0.6 is 0 Å². The molecule has 2 atom stereocenters. The number of rotatable bonds is 5. The molecule has 178 valence electrons. The highest BCUT2D eigenvalue weighted by Gasteiger charge is 2.44. The molecule has 3 N–H and O–H groups in total. The van der Waals surface area contributed by atoms with Gasteiger partial charge in [0, 0.05) is 48.3 Å². The van der Waals surface area contributed by atoms with Gasteiger partial charge in [0.1, 0.15) is 5.66 Å². The summed E-state index contributed by atoms with van der Waals surface area (Å²) < 4.78 is 1.77. The van der Waals surface area contributed by atoms with Crippen molar-refractivity contribution in [2.24, 2.45) is 7.05 Å². The maximum absolute atomic E-state index is 13.3. The molecule has 2 aliphatic heterocycles. The number of amides is 1. The molecule has 3 aromatic rings. The summed E-state index contributed by atoms with van der Waals surface area (Å²) in [5, 5.41) is 22.0. The molecular weight excluding hydrogens is 442 g/mol. The van der Waals surface area contributed by atoms with E-state index >= 15 is 0 Å². The largest absolute Gasteiger partial charge is 0.478 e. The van der Waals surface area contributed by atoms with Crippen LogP contribution in [0.5, 0.6) is 0 Å². The zero-order valence-corrected chi connectivity index (χ0v) is 20.0. The molecule has 3 heterocycles. The number of nitrogens with zero attached hydrogens (tertiary/aromatic N) is 3. The first kappa shape index (κ1) is 22.5. The molecule has 2 aromatic carbocycles. The number of carbonyl (C=O) groups is 2. The van der Waals surface area contributed by atoms with E-state index in [9.17, 15) is 14.7 Å². The van der Waals surface area contributed by atoms with Gasteiger partial charge in [-0.3, -0.25) is 14.4 Å². The number of allylic oxidation sites excluding steroid dienone is 2. The van der Waals surface area contributed by atoms with Gasteiger partial charge in [0.25, 0.3) is 5.91 Å². The van der Waals surface area contributed by atoms with Crippen molar-refractivity contribution >= 4 is 34.2 Å². The number of aromatic carboxylic acids is 1. The summed E-state index contributed by atoms with van der Waals surface area (Å²) in [6.07, 6.45) is 7.45. The molecule has 0 aliphatic carbocycles. The third-order valence-corrected chi connectivity index (χ3v) is 6.57. The van der Waals surface area contributed by atoms with Crippen LogP contribution in [0.4, 0.5) is 5.69 Å². The SMILES string of the molecule is CC1=CN2C(=O)C=C(c3ccc4nn(C)cc4c3)NC2(C)C(C(C)Nc2ccccc2C(=O)O)=C1. The van der Waals surface area contributed by atoms with E-state index in [-0.39, 0.29) is 17.5 Å². The fourth-order valence-corrected chi connectivity index (χ4v) is 4.93. The molecule has 0 fully saturated rings. The lowest BCUT2D eigenvalue weighted by Crippen LogP contribution is -2.62. The van der Waals surface area contributed by atoms with Crippen LogP contribution in [0.1, 0.15) is 36.7 Å². The predicted octanol–water partition coefficient (Wildman–Crippen LogP) is 4.10. The van der Waals surface area contributed by atoms with Gasteiger partial charge in [-0.15, -0.1) is 0 Å². The standard InChI is InChI=1S/C27H27N5O3/c1-16-11-21(17(2)28-23-8-6-5-7-20(23)26(34)35)27(3)29-24(13-25(33)32(27)14-16)18-9-10-22-19(12-18)15-31(4)30-22/h5-15,17,28-29H,1-4H3,(H,34,35). The molecule has 0 bridgehead atoms. The molecule has 35 heavy (non-hydrogen) atoms. The summed E-state index contributed by atoms with van der Waals surface area (Å²) in [6, 6.07) is 12.5. The van der Waals surface area contributed by atoms with Crippen LogP contribution in [0, 0.1) is 0 Å². The van der Waals surface area contributed by atoms with Crippen molar-refractivity contribution in [3.8, 4) is 0 Å². The lowest BCUT2D eigenvalue weighted by molar-refractivity contribution is -0.128. The number of carboxylic acid groups (broad SMARTS) is 1. The number of carboxylic acids is 1. The van der Waals surface area contributed by atoms with E-state index < -0.39 is 11.6 Å². The fraction of sp³-hybridized carbons (Fsp3) is 0.222. The van der Waals surface area contributed by atoms with E-state index in [1.54, 1.807) is 39.9 Å². The Morgan fingerprint density at radius 1 is 1.20 bits per heavy atom. The zero-order valence-electron chi connectivity index (χ0n) is 20.0. The van der Waals surface area contributed by atoms with Crippen molar-refractivity contribution in [3.63, 3.8) is 0 Å². The molecule has 1 aromatic heterocycles. The topological polar surface area (TPSA) is 99.5 Å². The van der Waals surface area contributed by atoms with Gasteiger partial charge in [0.2, 0.25) is 0 Å². The van der Waals surface area contributed by atoms with E-state index in [0.717, 1.165) is 33.3 Å². The lowest BCUT2D eigenvalue weighted by Gasteiger charge is -2.49. The quantitative estimate of drug-likeness (QED) is 0.520. The van der Waals surface area contributed by atoms with E-state index in [4.69, 9.17) is 0 Å². The van der Waals surface area contributed by atoms with Gasteiger partial charge in [-0.05, 0) is 61.7 Å². The van der Waals surface area contributed by atoms with Crippen LogP contribution in [0.3, 0.4) is 0 Å². The smallest absolute Gasteiger partial charge is 0.337 e. The number of nitrogens with one attached hydrogen (secondary N) is 2. The van der Waals surface area contributed by atoms with Crippen molar-refractivity contribution in [2.45, 2.75) is 32.5 Å². The van der Waals surface area contributed by atoms with Gasteiger partial charge < -0.3 is 15.7 Å². The molecule has 5 rings (SSSR count). The second kappa shape index (κ2) is 8.16. The molecule has 1 amide bonds. The molecule has 8 nitrogen and oxygen atoms in total. The fourth-order valence-electron chi connectivity index (χ4n) is 4.93. The molecule has 8 heteroatoms. The Labute approximate surface area is 203 Å². The average Bonchev–Trinajstić information content (AvgIpc) is 3.18. The number of carbonyl (C=O) groups excluding carboxylic acids is 1. The second-order valence-electron chi connectivity index (χ2n) is 9.23. The Kier molecular flexibility index (Phi) is 5.24. The van der Waals surface area contributed by atoms with Crippen molar-refractivity contribution < 1.29 is 14.7 Å². The molecule has 0 radical (unpaired) electrons. The number of hydrogen-bond donors (Lipinski definition) is 3. The van der Waals surface area contributed by atoms with Gasteiger partial charge >= 0.3 is 5.97 Å². The number of anilines is 1. The van der Waals surface area contributed by atoms with E-state index in [0.29, 0.717) is 5.69 Å². The van der Waals surface area contributed by atoms with Gasteiger partial charge in [-0.25, -0.2) is 4.79 Å². The highest BCUT2D eigenvalue weighted by Crippen LogP contribution is 2.37. The van der Waals surface area contributed by atoms with Crippen molar-refractivity contribution in [2.75, 3.05) is 5.32 Å². The number of aryl methyl sites for hydroxylation is 1. The van der Waals surface area contributed by atoms with Crippen molar-refractivity contribution in [1.29, 1.82) is 0 Å². The molecule has 0 saturated heterocycles. The predicted molar refractivity (Wildman–Crippen MR) is 135 cm³/mol. The van der Waals surface area contributed by atoms with Gasteiger partial charge in [-0.2, -0.15) is 5.10 Å². The third kappa shape index (κ3) is 3.86. The van der Waals surface area contributed by atoms with Crippen molar-refractivity contribution in [1.82, 2.24) is 20.0 Å². The Bertz CT molecular complexity index is 1460. The van der Waals surface area contributed by atoms with E-state index in [1.165, 1.54) is 0 Å². The Balaban J connectivity index is 1.52. The van der Waals surface area contributed by atoms with Crippen LogP contribution < -0.4 is 10.6 Å². The van der Waals surface area contributed by atoms with Crippen LogP contribution in [-0.2, 0) is 11.8 Å². The summed E-state index contributed by atoms with van der Waals surface area (Å²) in [7, 11) is 1.88. The van der Waals surface area contributed by atoms with E-state index in [1.807, 2.05) is 64.5 Å². The first-order valence-electron chi connectivity index (χ1n) is 11.4. The number of aromatic nitrogens is 2. The normalized spacial score (nSPS) is 20.4. The molecule has 0 saturated carbocycles. The molecular formula is C27H27N5O3. The summed E-state index contributed by atoms with van der Waals surface area (Å²) in [5.74, 6) is -1.13. The van der Waals surface area contributed by atoms with Gasteiger partial charge in [0.15, 0.2) is 0 Å². The van der Waals surface area contributed by atoms with Gasteiger partial charge in [-0.1, -0.05) is 24.3 Å². The number of hydrogen-bond acceptors (Lipinski definition) is 5. The van der Waals surface area contributed by atoms with Gasteiger partial charge in [0.05, 0.1) is 11.1 Å². The van der Waals surface area contributed by atoms with Crippen LogP contribution in [-0.4, -0.2) is 43.4 Å². The number of benzene rings is 2.